The summed E-state index contributed by atoms with van der Waals surface area (Å²) in [6.07, 6.45) is 7.34. The first-order valence-corrected chi connectivity index (χ1v) is 9.81. The number of aryl methyl sites for hydroxylation is 2. The van der Waals surface area contributed by atoms with Crippen LogP contribution in [-0.2, 0) is 35.7 Å². The SMILES string of the molecule is O=C(Nc1c2c(cc3c1CCC3)CCC2)NS(=O)(=O)c1cccnn1.[K]. The maximum atomic E-state index is 12.4. The number of sulfonamides is 1. The van der Waals surface area contributed by atoms with Crippen molar-refractivity contribution in [1.29, 1.82) is 0 Å². The fourth-order valence-corrected chi connectivity index (χ4v) is 4.52. The largest absolute Gasteiger partial charge is 0.333 e. The third kappa shape index (κ3) is 3.88. The van der Waals surface area contributed by atoms with Gasteiger partial charge in [-0.3, -0.25) is 0 Å². The van der Waals surface area contributed by atoms with Crippen LogP contribution in [0.4, 0.5) is 10.5 Å². The molecule has 4 rings (SSSR count). The summed E-state index contributed by atoms with van der Waals surface area (Å²) in [6.45, 7) is 0. The van der Waals surface area contributed by atoms with Crippen LogP contribution in [0.25, 0.3) is 0 Å². The number of urea groups is 1. The van der Waals surface area contributed by atoms with Gasteiger partial charge >= 0.3 is 6.03 Å². The molecule has 1 aromatic carbocycles. The van der Waals surface area contributed by atoms with Crippen LogP contribution in [0.1, 0.15) is 35.1 Å². The first-order valence-electron chi connectivity index (χ1n) is 8.32. The van der Waals surface area contributed by atoms with E-state index >= 15 is 0 Å². The second kappa shape index (κ2) is 8.03. The first kappa shape index (κ1) is 19.9. The van der Waals surface area contributed by atoms with Crippen LogP contribution >= 0.6 is 0 Å². The predicted octanol–water partition coefficient (Wildman–Crippen LogP) is 1.58. The smallest absolute Gasteiger partial charge is 0.307 e. The molecule has 2 N–H and O–H groups in total. The average molecular weight is 398 g/mol. The topological polar surface area (TPSA) is 101 Å². The van der Waals surface area contributed by atoms with Gasteiger partial charge in [-0.2, -0.15) is 13.5 Å². The van der Waals surface area contributed by atoms with Gasteiger partial charge in [0.1, 0.15) is 0 Å². The van der Waals surface area contributed by atoms with Crippen LogP contribution in [0, 0.1) is 0 Å². The Morgan fingerprint density at radius 3 is 2.27 bits per heavy atom. The summed E-state index contributed by atoms with van der Waals surface area (Å²) < 4.78 is 26.5. The van der Waals surface area contributed by atoms with Gasteiger partial charge in [-0.15, -0.1) is 5.10 Å². The molecule has 1 aromatic heterocycles. The fraction of sp³-hybridized carbons (Fsp3) is 0.353. The summed E-state index contributed by atoms with van der Waals surface area (Å²) in [5, 5.41) is 9.59. The van der Waals surface area contributed by atoms with E-state index in [9.17, 15) is 13.2 Å². The van der Waals surface area contributed by atoms with Crippen LogP contribution in [0.15, 0.2) is 29.4 Å². The molecule has 1 heterocycles. The minimum absolute atomic E-state index is 0. The molecule has 0 unspecified atom stereocenters. The van der Waals surface area contributed by atoms with Gasteiger partial charge in [0.2, 0.25) is 0 Å². The summed E-state index contributed by atoms with van der Waals surface area (Å²) in [5.74, 6) is 0. The summed E-state index contributed by atoms with van der Waals surface area (Å²) in [4.78, 5) is 12.4. The number of aromatic nitrogens is 2. The second-order valence-electron chi connectivity index (χ2n) is 6.36. The molecule has 0 fully saturated rings. The number of benzene rings is 1. The Bertz CT molecular complexity index is 916. The van der Waals surface area contributed by atoms with Crippen LogP contribution in [0.3, 0.4) is 0 Å². The number of amides is 2. The van der Waals surface area contributed by atoms with E-state index in [-0.39, 0.29) is 56.4 Å². The van der Waals surface area contributed by atoms with E-state index in [4.69, 9.17) is 0 Å². The van der Waals surface area contributed by atoms with Gasteiger partial charge in [-0.25, -0.2) is 9.52 Å². The molecular formula is C17H18KN4O3S. The number of hydrogen-bond acceptors (Lipinski definition) is 5. The van der Waals surface area contributed by atoms with Crippen LogP contribution in [-0.4, -0.2) is 76.0 Å². The van der Waals surface area contributed by atoms with Gasteiger partial charge in [0.05, 0.1) is 0 Å². The number of carbonyl (C=O) groups is 1. The van der Waals surface area contributed by atoms with Crippen molar-refractivity contribution in [3.05, 3.63) is 46.6 Å². The molecule has 7 nitrogen and oxygen atoms in total. The van der Waals surface area contributed by atoms with Gasteiger partial charge in [0.25, 0.3) is 10.0 Å². The van der Waals surface area contributed by atoms with Crippen molar-refractivity contribution in [2.45, 2.75) is 43.6 Å². The van der Waals surface area contributed by atoms with E-state index in [0.29, 0.717) is 0 Å². The zero-order valence-corrected chi connectivity index (χ0v) is 18.5. The molecule has 0 saturated heterocycles. The minimum Gasteiger partial charge on any atom is -0.307 e. The van der Waals surface area contributed by atoms with Gasteiger partial charge < -0.3 is 5.32 Å². The fourth-order valence-electron chi connectivity index (χ4n) is 3.71. The van der Waals surface area contributed by atoms with Crippen molar-refractivity contribution < 1.29 is 13.2 Å². The second-order valence-corrected chi connectivity index (χ2v) is 7.98. The molecule has 0 spiro atoms. The van der Waals surface area contributed by atoms with Crippen molar-refractivity contribution in [2.24, 2.45) is 0 Å². The molecule has 2 aliphatic carbocycles. The molecule has 2 aromatic rings. The molecule has 1 radical (unpaired) electrons. The summed E-state index contributed by atoms with van der Waals surface area (Å²) in [5.41, 5.74) is 5.63. The third-order valence-corrected chi connectivity index (χ3v) is 5.98. The first-order chi connectivity index (χ1) is 12.0. The van der Waals surface area contributed by atoms with E-state index in [2.05, 4.69) is 21.6 Å². The average Bonchev–Trinajstić information content (AvgIpc) is 3.24. The van der Waals surface area contributed by atoms with Crippen LogP contribution in [0.2, 0.25) is 0 Å². The predicted molar refractivity (Wildman–Crippen MR) is 97.6 cm³/mol. The molecule has 2 aliphatic rings. The molecule has 0 saturated carbocycles. The summed E-state index contributed by atoms with van der Waals surface area (Å²) in [7, 11) is -4.04. The van der Waals surface area contributed by atoms with Gasteiger partial charge in [0.15, 0.2) is 5.03 Å². The maximum absolute atomic E-state index is 12.4. The van der Waals surface area contributed by atoms with Crippen molar-refractivity contribution >= 4 is 73.1 Å². The van der Waals surface area contributed by atoms with Gasteiger partial charge in [0, 0.05) is 63.3 Å². The quantitative estimate of drug-likeness (QED) is 0.766. The van der Waals surface area contributed by atoms with Crippen molar-refractivity contribution in [3.8, 4) is 0 Å². The van der Waals surface area contributed by atoms with Crippen molar-refractivity contribution in [2.75, 3.05) is 5.32 Å². The Balaban J connectivity index is 0.00000196. The van der Waals surface area contributed by atoms with E-state index in [1.807, 2.05) is 4.72 Å². The van der Waals surface area contributed by atoms with Crippen molar-refractivity contribution in [3.63, 3.8) is 0 Å². The number of carbonyl (C=O) groups excluding carboxylic acids is 1. The Labute approximate surface area is 194 Å². The Morgan fingerprint density at radius 2 is 1.69 bits per heavy atom. The molecule has 131 valence electrons. The van der Waals surface area contributed by atoms with Crippen molar-refractivity contribution in [1.82, 2.24) is 14.9 Å². The molecule has 0 aliphatic heterocycles. The van der Waals surface area contributed by atoms with Gasteiger partial charge in [-0.1, -0.05) is 6.07 Å². The number of anilines is 1. The summed E-state index contributed by atoms with van der Waals surface area (Å²) >= 11 is 0. The van der Waals surface area contributed by atoms with E-state index in [1.165, 1.54) is 29.5 Å². The Morgan fingerprint density at radius 1 is 1.04 bits per heavy atom. The zero-order chi connectivity index (χ0) is 17.4. The van der Waals surface area contributed by atoms with E-state index in [1.54, 1.807) is 0 Å². The number of nitrogens with zero attached hydrogens (tertiary/aromatic N) is 2. The molecule has 26 heavy (non-hydrogen) atoms. The Kier molecular flexibility index (Phi) is 6.15. The number of fused-ring (bicyclic) bond motifs is 2. The molecule has 9 heteroatoms. The third-order valence-electron chi connectivity index (χ3n) is 4.76. The number of rotatable bonds is 3. The molecule has 0 atom stereocenters. The minimum atomic E-state index is -4.04. The number of hydrogen-bond donors (Lipinski definition) is 2. The normalized spacial score (nSPS) is 14.9. The van der Waals surface area contributed by atoms with Crippen LogP contribution in [0.5, 0.6) is 0 Å². The maximum Gasteiger partial charge on any atom is 0.333 e. The number of nitrogens with one attached hydrogen (secondary N) is 2. The molecule has 0 bridgehead atoms. The molecular weight excluding hydrogens is 379 g/mol. The monoisotopic (exact) mass is 397 g/mol. The Hall–Kier alpha value is -0.844. The van der Waals surface area contributed by atoms with E-state index in [0.717, 1.165) is 55.3 Å². The summed E-state index contributed by atoms with van der Waals surface area (Å²) in [6, 6.07) is 4.24. The van der Waals surface area contributed by atoms with Crippen LogP contribution < -0.4 is 10.0 Å². The zero-order valence-electron chi connectivity index (χ0n) is 14.6. The standard InChI is InChI=1S/C17H18N4O3S.K/c22-17(21-25(23,24)15-8-3-9-18-20-15)19-16-13-6-1-4-11(13)10-12-5-2-7-14(12)16;/h3,8-10H,1-2,4-7H2,(H2,19,21,22);. The van der Waals surface area contributed by atoms with E-state index < -0.39 is 16.1 Å². The molecule has 2 amide bonds. The van der Waals surface area contributed by atoms with Gasteiger partial charge in [-0.05, 0) is 72.9 Å².